The molecule has 1 atom stereocenters. The molecule has 0 radical (unpaired) electrons. The number of carbonyl (C=O) groups excluding carboxylic acids is 2. The summed E-state index contributed by atoms with van der Waals surface area (Å²) in [6.07, 6.45) is -0.783. The summed E-state index contributed by atoms with van der Waals surface area (Å²) in [5, 5.41) is 19.5. The highest BCUT2D eigenvalue weighted by molar-refractivity contribution is 6.09. The van der Waals surface area contributed by atoms with E-state index in [1.165, 1.54) is 13.8 Å². The van der Waals surface area contributed by atoms with Gasteiger partial charge in [-0.05, 0) is 5.92 Å². The molecule has 1 amide bonds. The average molecular weight is 245 g/mol. The third-order valence-corrected chi connectivity index (χ3v) is 2.50. The van der Waals surface area contributed by atoms with E-state index in [0.29, 0.717) is 0 Å². The zero-order chi connectivity index (χ0) is 13.6. The third kappa shape index (κ3) is 3.27. The number of hydrogen-bond donors (Lipinski definition) is 3. The van der Waals surface area contributed by atoms with Gasteiger partial charge in [-0.15, -0.1) is 0 Å². The normalized spacial score (nSPS) is 13.8. The highest BCUT2D eigenvalue weighted by Crippen LogP contribution is 2.21. The van der Waals surface area contributed by atoms with Crippen molar-refractivity contribution in [2.24, 2.45) is 5.92 Å². The summed E-state index contributed by atoms with van der Waals surface area (Å²) in [4.78, 5) is 43.7. The molecule has 3 N–H and O–H groups in total. The maximum atomic E-state index is 11.8. The summed E-state index contributed by atoms with van der Waals surface area (Å²) in [5.74, 6) is -4.21. The number of nitrogens with one attached hydrogen (secondary N) is 1. The molecule has 0 aliphatic rings. The van der Waals surface area contributed by atoms with E-state index < -0.39 is 42.0 Å². The van der Waals surface area contributed by atoms with Crippen LogP contribution in [0.25, 0.3) is 0 Å². The number of carboxylic acid groups (broad SMARTS) is 2. The first-order valence-corrected chi connectivity index (χ1v) is 4.98. The van der Waals surface area contributed by atoms with Crippen LogP contribution in [0.4, 0.5) is 0 Å². The fourth-order valence-corrected chi connectivity index (χ4v) is 1.51. The molecule has 0 aliphatic carbocycles. The minimum absolute atomic E-state index is 0.132. The molecule has 0 aromatic carbocycles. The molecule has 0 saturated heterocycles. The second-order valence-corrected chi connectivity index (χ2v) is 3.85. The first-order chi connectivity index (χ1) is 7.78. The Hall–Kier alpha value is -1.92. The Bertz CT molecular complexity index is 338. The number of rotatable bonds is 8. The van der Waals surface area contributed by atoms with Crippen molar-refractivity contribution in [2.45, 2.75) is 32.2 Å². The number of carboxylic acids is 2. The van der Waals surface area contributed by atoms with Crippen molar-refractivity contribution >= 4 is 24.1 Å². The smallest absolute Gasteiger partial charge is 0.337 e. The summed E-state index contributed by atoms with van der Waals surface area (Å²) in [6.45, 7) is 2.92. The van der Waals surface area contributed by atoms with Crippen molar-refractivity contribution in [3.63, 3.8) is 0 Å². The lowest BCUT2D eigenvalue weighted by Gasteiger charge is -2.30. The Labute approximate surface area is 97.8 Å². The van der Waals surface area contributed by atoms with E-state index in [1.807, 2.05) is 5.32 Å². The van der Waals surface area contributed by atoms with E-state index in [2.05, 4.69) is 0 Å². The lowest BCUT2D eigenvalue weighted by molar-refractivity contribution is -0.155. The van der Waals surface area contributed by atoms with Gasteiger partial charge in [-0.3, -0.25) is 14.4 Å². The van der Waals surface area contributed by atoms with Crippen molar-refractivity contribution in [1.29, 1.82) is 0 Å². The minimum Gasteiger partial charge on any atom is -0.481 e. The fourth-order valence-electron chi connectivity index (χ4n) is 1.51. The second-order valence-electron chi connectivity index (χ2n) is 3.85. The van der Waals surface area contributed by atoms with E-state index in [9.17, 15) is 19.2 Å². The van der Waals surface area contributed by atoms with E-state index in [1.54, 1.807) is 0 Å². The van der Waals surface area contributed by atoms with Crippen molar-refractivity contribution in [2.75, 3.05) is 0 Å². The number of carbonyl (C=O) groups is 4. The summed E-state index contributed by atoms with van der Waals surface area (Å²) in [5.41, 5.74) is -2.06. The molecule has 17 heavy (non-hydrogen) atoms. The summed E-state index contributed by atoms with van der Waals surface area (Å²) >= 11 is 0. The van der Waals surface area contributed by atoms with Gasteiger partial charge in [0.1, 0.15) is 0 Å². The second kappa shape index (κ2) is 5.97. The molecule has 0 rings (SSSR count). The Morgan fingerprint density at radius 2 is 1.76 bits per heavy atom. The maximum Gasteiger partial charge on any atom is 0.337 e. The van der Waals surface area contributed by atoms with Crippen molar-refractivity contribution in [1.82, 2.24) is 5.32 Å². The molecule has 0 saturated carbocycles. The van der Waals surface area contributed by atoms with E-state index in [0.717, 1.165) is 0 Å². The van der Waals surface area contributed by atoms with Crippen LogP contribution in [-0.2, 0) is 19.2 Å². The molecule has 1 unspecified atom stereocenters. The number of amides is 1. The van der Waals surface area contributed by atoms with Crippen LogP contribution in [0.2, 0.25) is 0 Å². The topological polar surface area (TPSA) is 121 Å². The van der Waals surface area contributed by atoms with Crippen LogP contribution in [0.15, 0.2) is 0 Å². The van der Waals surface area contributed by atoms with Gasteiger partial charge in [0.15, 0.2) is 11.3 Å². The predicted molar refractivity (Wildman–Crippen MR) is 56.3 cm³/mol. The van der Waals surface area contributed by atoms with Gasteiger partial charge in [-0.1, -0.05) is 13.8 Å². The van der Waals surface area contributed by atoms with Gasteiger partial charge in [0.2, 0.25) is 6.41 Å². The highest BCUT2D eigenvalue weighted by atomic mass is 16.4. The Morgan fingerprint density at radius 3 is 2.06 bits per heavy atom. The molecule has 0 aliphatic heterocycles. The minimum atomic E-state index is -2.06. The molecular weight excluding hydrogens is 230 g/mol. The molecule has 7 nitrogen and oxygen atoms in total. The molecule has 96 valence electrons. The van der Waals surface area contributed by atoms with Gasteiger partial charge >= 0.3 is 11.9 Å². The van der Waals surface area contributed by atoms with Crippen LogP contribution in [-0.4, -0.2) is 39.9 Å². The van der Waals surface area contributed by atoms with Crippen LogP contribution in [0.1, 0.15) is 26.7 Å². The zero-order valence-corrected chi connectivity index (χ0v) is 9.60. The number of Topliss-reactive ketones (excluding diaryl/α,β-unsaturated/α-hetero) is 1. The Morgan fingerprint density at radius 1 is 1.24 bits per heavy atom. The van der Waals surface area contributed by atoms with Gasteiger partial charge in [-0.2, -0.15) is 0 Å². The molecule has 0 fully saturated rings. The maximum absolute atomic E-state index is 11.8. The molecule has 7 heteroatoms. The van der Waals surface area contributed by atoms with E-state index >= 15 is 0 Å². The Kier molecular flexibility index (Phi) is 5.30. The standard InChI is InChI=1S/C10H15NO6/c1-6(2)10(9(16)17,11-5-12)7(13)3-4-8(14)15/h5-6H,3-4H2,1-2H3,(H,11,12)(H,14,15)(H,16,17). The van der Waals surface area contributed by atoms with Gasteiger partial charge in [0.25, 0.3) is 0 Å². The third-order valence-electron chi connectivity index (χ3n) is 2.50. The summed E-state index contributed by atoms with van der Waals surface area (Å²) < 4.78 is 0. The SMILES string of the molecule is CC(C)C(NC=O)(C(=O)O)C(=O)CCC(=O)O. The van der Waals surface area contributed by atoms with Crippen molar-refractivity contribution in [3.8, 4) is 0 Å². The molecule has 0 heterocycles. The van der Waals surface area contributed by atoms with Crippen molar-refractivity contribution in [3.05, 3.63) is 0 Å². The van der Waals surface area contributed by atoms with Gasteiger partial charge in [0, 0.05) is 6.42 Å². The van der Waals surface area contributed by atoms with E-state index in [-0.39, 0.29) is 6.41 Å². The summed E-state index contributed by atoms with van der Waals surface area (Å²) in [7, 11) is 0. The zero-order valence-electron chi connectivity index (χ0n) is 9.60. The molecule has 0 spiro atoms. The van der Waals surface area contributed by atoms with Gasteiger partial charge < -0.3 is 15.5 Å². The summed E-state index contributed by atoms with van der Waals surface area (Å²) in [6, 6.07) is 0. The number of hydrogen-bond acceptors (Lipinski definition) is 4. The monoisotopic (exact) mass is 245 g/mol. The van der Waals surface area contributed by atoms with Crippen LogP contribution in [0.5, 0.6) is 0 Å². The first-order valence-electron chi connectivity index (χ1n) is 4.98. The number of aliphatic carboxylic acids is 2. The fraction of sp³-hybridized carbons (Fsp3) is 0.600. The van der Waals surface area contributed by atoms with Gasteiger partial charge in [0.05, 0.1) is 6.42 Å². The lowest BCUT2D eigenvalue weighted by atomic mass is 9.80. The van der Waals surface area contributed by atoms with Crippen molar-refractivity contribution < 1.29 is 29.4 Å². The van der Waals surface area contributed by atoms with E-state index in [4.69, 9.17) is 10.2 Å². The van der Waals surface area contributed by atoms with Crippen LogP contribution in [0, 0.1) is 5.92 Å². The molecule has 0 aromatic heterocycles. The van der Waals surface area contributed by atoms with Crippen LogP contribution >= 0.6 is 0 Å². The number of ketones is 1. The first kappa shape index (κ1) is 15.1. The lowest BCUT2D eigenvalue weighted by Crippen LogP contribution is -2.61. The quantitative estimate of drug-likeness (QED) is 0.397. The largest absolute Gasteiger partial charge is 0.481 e. The molecule has 0 bridgehead atoms. The Balaban J connectivity index is 5.14. The molecule has 0 aromatic rings. The van der Waals surface area contributed by atoms with Crippen LogP contribution < -0.4 is 5.32 Å². The molecular formula is C10H15NO6. The van der Waals surface area contributed by atoms with Crippen LogP contribution in [0.3, 0.4) is 0 Å². The predicted octanol–water partition coefficient (Wildman–Crippen LogP) is -0.354. The van der Waals surface area contributed by atoms with Gasteiger partial charge in [-0.25, -0.2) is 4.79 Å². The highest BCUT2D eigenvalue weighted by Gasteiger charge is 2.48. The average Bonchev–Trinajstić information content (AvgIpc) is 2.21.